The molecule has 0 bridgehead atoms. The number of aryl methyl sites for hydroxylation is 2. The van der Waals surface area contributed by atoms with Crippen molar-refractivity contribution in [3.8, 4) is 22.4 Å². The lowest BCUT2D eigenvalue weighted by Gasteiger charge is -2.12. The topological polar surface area (TPSA) is 115 Å². The number of pyridine rings is 1. The molecule has 10 heteroatoms. The monoisotopic (exact) mass is 492 g/mol. The number of benzene rings is 2. The molecule has 0 aliphatic heterocycles. The second-order valence-electron chi connectivity index (χ2n) is 7.80. The zero-order valence-electron chi connectivity index (χ0n) is 19.0. The van der Waals surface area contributed by atoms with Crippen molar-refractivity contribution in [1.29, 1.82) is 0 Å². The van der Waals surface area contributed by atoms with Crippen LogP contribution >= 0.6 is 11.6 Å². The summed E-state index contributed by atoms with van der Waals surface area (Å²) in [5.74, 6) is -1.38. The van der Waals surface area contributed by atoms with Crippen LogP contribution in [-0.4, -0.2) is 26.7 Å². The predicted molar refractivity (Wildman–Crippen MR) is 134 cm³/mol. The summed E-state index contributed by atoms with van der Waals surface area (Å²) in [6, 6.07) is 12.5. The number of nitrogens with two attached hydrogens (primary N) is 1. The highest BCUT2D eigenvalue weighted by molar-refractivity contribution is 6.31. The number of hydrogen-bond acceptors (Lipinski definition) is 4. The Hall–Kier alpha value is -4.24. The summed E-state index contributed by atoms with van der Waals surface area (Å²) in [6.45, 7) is 4.34. The zero-order valence-corrected chi connectivity index (χ0v) is 19.7. The number of carbonyl (C=O) groups is 2. The first-order valence-electron chi connectivity index (χ1n) is 10.7. The van der Waals surface area contributed by atoms with Crippen LogP contribution in [0, 0.1) is 12.7 Å². The van der Waals surface area contributed by atoms with E-state index in [0.29, 0.717) is 29.1 Å². The molecule has 0 aliphatic carbocycles. The van der Waals surface area contributed by atoms with Gasteiger partial charge in [-0.1, -0.05) is 29.3 Å². The molecule has 2 aromatic heterocycles. The van der Waals surface area contributed by atoms with Gasteiger partial charge in [0.1, 0.15) is 11.4 Å². The summed E-state index contributed by atoms with van der Waals surface area (Å²) >= 11 is 6.30. The first kappa shape index (κ1) is 23.9. The van der Waals surface area contributed by atoms with Gasteiger partial charge in [0.25, 0.3) is 5.91 Å². The molecule has 0 aliphatic rings. The number of amides is 3. The number of carbonyl (C=O) groups excluding carboxylic acids is 2. The fourth-order valence-corrected chi connectivity index (χ4v) is 3.72. The van der Waals surface area contributed by atoms with Gasteiger partial charge in [0.2, 0.25) is 0 Å². The van der Waals surface area contributed by atoms with Crippen LogP contribution in [0.3, 0.4) is 0 Å². The van der Waals surface area contributed by atoms with Crippen LogP contribution in [0.1, 0.15) is 23.0 Å². The van der Waals surface area contributed by atoms with Crippen LogP contribution in [0.15, 0.2) is 60.9 Å². The van der Waals surface area contributed by atoms with Crippen molar-refractivity contribution in [2.45, 2.75) is 20.4 Å². The number of anilines is 2. The van der Waals surface area contributed by atoms with Crippen LogP contribution in [-0.2, 0) is 6.54 Å². The van der Waals surface area contributed by atoms with Gasteiger partial charge < -0.3 is 16.4 Å². The first-order chi connectivity index (χ1) is 16.7. The molecule has 2 heterocycles. The Kier molecular flexibility index (Phi) is 6.79. The fraction of sp³-hybridized carbons (Fsp3) is 0.120. The number of hydrogen-bond donors (Lipinski definition) is 3. The van der Waals surface area contributed by atoms with Crippen molar-refractivity contribution >= 4 is 34.9 Å². The molecule has 4 rings (SSSR count). The Labute approximate surface area is 205 Å². The molecule has 4 N–H and O–H groups in total. The molecule has 0 saturated heterocycles. The van der Waals surface area contributed by atoms with E-state index >= 15 is 4.39 Å². The molecule has 4 aromatic rings. The normalized spacial score (nSPS) is 10.7. The highest BCUT2D eigenvalue weighted by atomic mass is 35.5. The van der Waals surface area contributed by atoms with E-state index in [9.17, 15) is 9.59 Å². The SMILES string of the molecule is CCn1cc(-c2cc(Cl)cc(NC(=O)Nc3ccc(C)cc3)c2F)c(-c2ccnc(C(N)=O)c2)n1. The number of aromatic nitrogens is 3. The smallest absolute Gasteiger partial charge is 0.323 e. The van der Waals surface area contributed by atoms with Gasteiger partial charge in [0.15, 0.2) is 5.82 Å². The number of primary amides is 1. The van der Waals surface area contributed by atoms with E-state index in [4.69, 9.17) is 17.3 Å². The van der Waals surface area contributed by atoms with Crippen molar-refractivity contribution in [3.05, 3.63) is 83.0 Å². The number of nitrogens with zero attached hydrogens (tertiary/aromatic N) is 3. The summed E-state index contributed by atoms with van der Waals surface area (Å²) in [5, 5.41) is 9.93. The van der Waals surface area contributed by atoms with Crippen molar-refractivity contribution in [2.24, 2.45) is 5.73 Å². The van der Waals surface area contributed by atoms with Gasteiger partial charge in [-0.3, -0.25) is 14.5 Å². The summed E-state index contributed by atoms with van der Waals surface area (Å²) in [7, 11) is 0. The zero-order chi connectivity index (χ0) is 25.1. The van der Waals surface area contributed by atoms with Crippen molar-refractivity contribution in [2.75, 3.05) is 10.6 Å². The Morgan fingerprint density at radius 1 is 1.09 bits per heavy atom. The van der Waals surface area contributed by atoms with E-state index < -0.39 is 17.8 Å². The van der Waals surface area contributed by atoms with E-state index in [-0.39, 0.29) is 22.0 Å². The molecule has 0 atom stereocenters. The Morgan fingerprint density at radius 2 is 1.83 bits per heavy atom. The van der Waals surface area contributed by atoms with E-state index in [1.54, 1.807) is 29.1 Å². The third-order valence-corrected chi connectivity index (χ3v) is 5.47. The van der Waals surface area contributed by atoms with Gasteiger partial charge in [-0.2, -0.15) is 5.10 Å². The Morgan fingerprint density at radius 3 is 2.51 bits per heavy atom. The van der Waals surface area contributed by atoms with Gasteiger partial charge in [0.05, 0.1) is 5.69 Å². The van der Waals surface area contributed by atoms with E-state index in [1.807, 2.05) is 26.0 Å². The lowest BCUT2D eigenvalue weighted by atomic mass is 10.0. The van der Waals surface area contributed by atoms with Crippen molar-refractivity contribution in [1.82, 2.24) is 14.8 Å². The van der Waals surface area contributed by atoms with Crippen LogP contribution in [0.5, 0.6) is 0 Å². The maximum absolute atomic E-state index is 15.7. The Bertz CT molecular complexity index is 1420. The average molecular weight is 493 g/mol. The molecule has 0 unspecified atom stereocenters. The molecule has 0 fully saturated rings. The first-order valence-corrected chi connectivity index (χ1v) is 11.1. The van der Waals surface area contributed by atoms with Crippen LogP contribution in [0.2, 0.25) is 5.02 Å². The molecular formula is C25H22ClFN6O2. The standard InChI is InChI=1S/C25H22ClFN6O2/c1-3-33-13-19(23(32-33)15-8-9-29-21(10-15)24(28)34)18-11-16(26)12-20(22(18)27)31-25(35)30-17-6-4-14(2)5-7-17/h4-13H,3H2,1-2H3,(H2,28,34)(H2,30,31,35). The van der Waals surface area contributed by atoms with Gasteiger partial charge in [-0.05, 0) is 50.2 Å². The highest BCUT2D eigenvalue weighted by Gasteiger charge is 2.21. The molecule has 2 aromatic carbocycles. The molecule has 0 radical (unpaired) electrons. The number of nitrogens with one attached hydrogen (secondary N) is 2. The minimum Gasteiger partial charge on any atom is -0.364 e. The predicted octanol–water partition coefficient (Wildman–Crippen LogP) is 5.48. The molecule has 178 valence electrons. The summed E-state index contributed by atoms with van der Waals surface area (Å²) in [6.07, 6.45) is 3.10. The van der Waals surface area contributed by atoms with Crippen LogP contribution in [0.25, 0.3) is 22.4 Å². The molecular weight excluding hydrogens is 471 g/mol. The van der Waals surface area contributed by atoms with Crippen LogP contribution in [0.4, 0.5) is 20.6 Å². The van der Waals surface area contributed by atoms with Gasteiger partial charge >= 0.3 is 6.03 Å². The van der Waals surface area contributed by atoms with E-state index in [2.05, 4.69) is 20.7 Å². The van der Waals surface area contributed by atoms with E-state index in [0.717, 1.165) is 5.56 Å². The average Bonchev–Trinajstić information content (AvgIpc) is 3.27. The van der Waals surface area contributed by atoms with Gasteiger partial charge in [-0.25, -0.2) is 9.18 Å². The molecule has 0 saturated carbocycles. The maximum Gasteiger partial charge on any atom is 0.323 e. The van der Waals surface area contributed by atoms with Crippen molar-refractivity contribution < 1.29 is 14.0 Å². The third kappa shape index (κ3) is 5.30. The minimum atomic E-state index is -0.691. The molecule has 8 nitrogen and oxygen atoms in total. The lowest BCUT2D eigenvalue weighted by molar-refractivity contribution is 0.0995. The summed E-state index contributed by atoms with van der Waals surface area (Å²) in [4.78, 5) is 28.1. The number of urea groups is 1. The van der Waals surface area contributed by atoms with E-state index in [1.165, 1.54) is 24.4 Å². The largest absolute Gasteiger partial charge is 0.364 e. The van der Waals surface area contributed by atoms with Gasteiger partial charge in [0, 0.05) is 46.3 Å². The number of halogens is 2. The summed E-state index contributed by atoms with van der Waals surface area (Å²) in [5.41, 5.74) is 8.43. The lowest BCUT2D eigenvalue weighted by Crippen LogP contribution is -2.20. The third-order valence-electron chi connectivity index (χ3n) is 5.26. The van der Waals surface area contributed by atoms with Gasteiger partial charge in [-0.15, -0.1) is 0 Å². The highest BCUT2D eigenvalue weighted by Crippen LogP contribution is 2.37. The second-order valence-corrected chi connectivity index (χ2v) is 8.24. The van der Waals surface area contributed by atoms with Crippen LogP contribution < -0.4 is 16.4 Å². The quantitative estimate of drug-likeness (QED) is 0.330. The molecule has 0 spiro atoms. The molecule has 3 amide bonds. The summed E-state index contributed by atoms with van der Waals surface area (Å²) < 4.78 is 17.3. The second kappa shape index (κ2) is 9.94. The fourth-order valence-electron chi connectivity index (χ4n) is 3.50. The molecule has 35 heavy (non-hydrogen) atoms. The Balaban J connectivity index is 1.72. The van der Waals surface area contributed by atoms with Crippen molar-refractivity contribution in [3.63, 3.8) is 0 Å². The maximum atomic E-state index is 15.7. The number of rotatable bonds is 6. The minimum absolute atomic E-state index is 0.0567.